The largest absolute Gasteiger partial charge is 0.497 e. The summed E-state index contributed by atoms with van der Waals surface area (Å²) in [5.41, 5.74) is 3.09. The van der Waals surface area contributed by atoms with Crippen LogP contribution in [0.4, 0.5) is 0 Å². The molecule has 3 heterocycles. The van der Waals surface area contributed by atoms with Crippen LogP contribution >= 0.6 is 0 Å². The van der Waals surface area contributed by atoms with Crippen molar-refractivity contribution < 1.29 is 17.9 Å². The Bertz CT molecular complexity index is 1280. The number of methoxy groups -OCH3 is 1. The molecule has 0 bridgehead atoms. The van der Waals surface area contributed by atoms with E-state index in [0.717, 1.165) is 27.9 Å². The lowest BCUT2D eigenvalue weighted by molar-refractivity contribution is 0.0589. The number of amides is 1. The Labute approximate surface area is 193 Å². The van der Waals surface area contributed by atoms with Gasteiger partial charge in [-0.3, -0.25) is 9.69 Å². The molecule has 1 unspecified atom stereocenters. The molecule has 33 heavy (non-hydrogen) atoms. The van der Waals surface area contributed by atoms with Crippen molar-refractivity contribution in [2.45, 2.75) is 12.5 Å². The van der Waals surface area contributed by atoms with E-state index in [1.807, 2.05) is 59.5 Å². The third kappa shape index (κ3) is 4.45. The minimum absolute atomic E-state index is 0.0120. The van der Waals surface area contributed by atoms with Gasteiger partial charge in [0.1, 0.15) is 5.75 Å². The molecule has 7 nitrogen and oxygen atoms in total. The van der Waals surface area contributed by atoms with E-state index in [2.05, 4.69) is 4.90 Å². The van der Waals surface area contributed by atoms with Gasteiger partial charge >= 0.3 is 0 Å². The van der Waals surface area contributed by atoms with Crippen LogP contribution in [0.15, 0.2) is 54.6 Å². The third-order valence-electron chi connectivity index (χ3n) is 6.66. The number of pyridine rings is 1. The van der Waals surface area contributed by atoms with Gasteiger partial charge in [-0.1, -0.05) is 18.2 Å². The minimum atomic E-state index is -2.91. The molecule has 2 fully saturated rings. The monoisotopic (exact) mass is 465 g/mol. The van der Waals surface area contributed by atoms with Gasteiger partial charge < -0.3 is 9.64 Å². The van der Waals surface area contributed by atoms with Gasteiger partial charge in [0, 0.05) is 43.2 Å². The highest BCUT2D eigenvalue weighted by atomic mass is 32.2. The van der Waals surface area contributed by atoms with Gasteiger partial charge in [0.2, 0.25) is 0 Å². The van der Waals surface area contributed by atoms with E-state index in [4.69, 9.17) is 9.72 Å². The van der Waals surface area contributed by atoms with E-state index in [9.17, 15) is 13.2 Å². The number of benzene rings is 2. The van der Waals surface area contributed by atoms with Gasteiger partial charge in [-0.05, 0) is 42.8 Å². The Morgan fingerprint density at radius 3 is 2.42 bits per heavy atom. The average molecular weight is 466 g/mol. The standard InChI is InChI=1S/C25H27N3O4S/c1-32-20-8-6-18(7-9-20)24-16-22(21-4-2-3-5-23(21)26-24)25(29)28-13-11-27(12-14-28)19-10-15-33(30,31)17-19/h2-9,16,19H,10-15,17H2,1H3. The van der Waals surface area contributed by atoms with E-state index in [-0.39, 0.29) is 23.5 Å². The van der Waals surface area contributed by atoms with Crippen LogP contribution in [0.5, 0.6) is 5.75 Å². The zero-order valence-electron chi connectivity index (χ0n) is 18.6. The highest BCUT2D eigenvalue weighted by molar-refractivity contribution is 7.91. The zero-order valence-corrected chi connectivity index (χ0v) is 19.4. The fourth-order valence-corrected chi connectivity index (χ4v) is 6.55. The van der Waals surface area contributed by atoms with Crippen LogP contribution in [-0.2, 0) is 9.84 Å². The molecule has 2 saturated heterocycles. The Balaban J connectivity index is 1.40. The number of nitrogens with zero attached hydrogens (tertiary/aromatic N) is 3. The number of ether oxygens (including phenoxy) is 1. The quantitative estimate of drug-likeness (QED) is 0.590. The molecule has 5 rings (SSSR count). The maximum Gasteiger partial charge on any atom is 0.254 e. The molecule has 1 atom stereocenters. The van der Waals surface area contributed by atoms with E-state index < -0.39 is 9.84 Å². The second-order valence-electron chi connectivity index (χ2n) is 8.69. The summed E-state index contributed by atoms with van der Waals surface area (Å²) in [7, 11) is -1.28. The molecule has 3 aromatic rings. The summed E-state index contributed by atoms with van der Waals surface area (Å²) in [6.07, 6.45) is 0.691. The van der Waals surface area contributed by atoms with Crippen molar-refractivity contribution in [1.29, 1.82) is 0 Å². The van der Waals surface area contributed by atoms with Crippen molar-refractivity contribution in [2.75, 3.05) is 44.8 Å². The number of rotatable bonds is 4. The van der Waals surface area contributed by atoms with Crippen LogP contribution in [0.25, 0.3) is 22.2 Å². The normalized spacial score (nSPS) is 20.8. The summed E-state index contributed by atoms with van der Waals surface area (Å²) in [6.45, 7) is 2.56. The summed E-state index contributed by atoms with van der Waals surface area (Å²) < 4.78 is 28.9. The third-order valence-corrected chi connectivity index (χ3v) is 8.41. The molecule has 2 aromatic carbocycles. The first-order valence-electron chi connectivity index (χ1n) is 11.2. The fraction of sp³-hybridized carbons (Fsp3) is 0.360. The number of hydrogen-bond acceptors (Lipinski definition) is 6. The van der Waals surface area contributed by atoms with Crippen LogP contribution in [0.3, 0.4) is 0 Å². The van der Waals surface area contributed by atoms with E-state index in [0.29, 0.717) is 38.2 Å². The topological polar surface area (TPSA) is 79.8 Å². The molecule has 0 N–H and O–H groups in total. The molecule has 2 aliphatic heterocycles. The smallest absolute Gasteiger partial charge is 0.254 e. The molecule has 2 aliphatic rings. The van der Waals surface area contributed by atoms with Crippen molar-refractivity contribution in [3.63, 3.8) is 0 Å². The summed E-state index contributed by atoms with van der Waals surface area (Å²) in [5.74, 6) is 1.26. The van der Waals surface area contributed by atoms with Gasteiger partial charge in [-0.2, -0.15) is 0 Å². The molecular weight excluding hydrogens is 438 g/mol. The summed E-state index contributed by atoms with van der Waals surface area (Å²) in [4.78, 5) is 22.5. The summed E-state index contributed by atoms with van der Waals surface area (Å²) in [5, 5.41) is 0.837. The lowest BCUT2D eigenvalue weighted by Gasteiger charge is -2.37. The Morgan fingerprint density at radius 1 is 1.03 bits per heavy atom. The van der Waals surface area contributed by atoms with Gasteiger partial charge in [0.25, 0.3) is 5.91 Å². The molecule has 1 amide bonds. The molecule has 8 heteroatoms. The highest BCUT2D eigenvalue weighted by Gasteiger charge is 2.34. The number of para-hydroxylation sites is 1. The van der Waals surface area contributed by atoms with Crippen molar-refractivity contribution in [1.82, 2.24) is 14.8 Å². The van der Waals surface area contributed by atoms with Crippen LogP contribution in [0.2, 0.25) is 0 Å². The Hall–Kier alpha value is -2.97. The number of hydrogen-bond donors (Lipinski definition) is 0. The molecule has 0 saturated carbocycles. The fourth-order valence-electron chi connectivity index (χ4n) is 4.79. The molecule has 0 radical (unpaired) electrons. The highest BCUT2D eigenvalue weighted by Crippen LogP contribution is 2.28. The number of piperazine rings is 1. The first kappa shape index (κ1) is 21.9. The maximum absolute atomic E-state index is 13.6. The van der Waals surface area contributed by atoms with Crippen molar-refractivity contribution in [3.05, 3.63) is 60.2 Å². The second kappa shape index (κ2) is 8.76. The SMILES string of the molecule is COc1ccc(-c2cc(C(=O)N3CCN(C4CCS(=O)(=O)C4)CC3)c3ccccc3n2)cc1. The van der Waals surface area contributed by atoms with Gasteiger partial charge in [-0.15, -0.1) is 0 Å². The molecule has 0 spiro atoms. The maximum atomic E-state index is 13.6. The molecular formula is C25H27N3O4S. The van der Waals surface area contributed by atoms with Crippen LogP contribution in [0.1, 0.15) is 16.8 Å². The average Bonchev–Trinajstić information content (AvgIpc) is 3.22. The summed E-state index contributed by atoms with van der Waals surface area (Å²) >= 11 is 0. The van der Waals surface area contributed by atoms with Crippen LogP contribution in [0, 0.1) is 0 Å². The second-order valence-corrected chi connectivity index (χ2v) is 10.9. The number of carbonyl (C=O) groups is 1. The minimum Gasteiger partial charge on any atom is -0.497 e. The molecule has 172 valence electrons. The first-order chi connectivity index (χ1) is 15.9. The number of aromatic nitrogens is 1. The first-order valence-corrected chi connectivity index (χ1v) is 13.0. The van der Waals surface area contributed by atoms with E-state index >= 15 is 0 Å². The lowest BCUT2D eigenvalue weighted by Crippen LogP contribution is -2.52. The van der Waals surface area contributed by atoms with Gasteiger partial charge in [0.15, 0.2) is 9.84 Å². The van der Waals surface area contributed by atoms with Crippen molar-refractivity contribution >= 4 is 26.6 Å². The van der Waals surface area contributed by atoms with Crippen LogP contribution < -0.4 is 4.74 Å². The number of sulfone groups is 1. The van der Waals surface area contributed by atoms with Gasteiger partial charge in [-0.25, -0.2) is 13.4 Å². The number of carbonyl (C=O) groups excluding carboxylic acids is 1. The van der Waals surface area contributed by atoms with E-state index in [1.165, 1.54) is 0 Å². The predicted molar refractivity (Wildman–Crippen MR) is 128 cm³/mol. The number of fused-ring (bicyclic) bond motifs is 1. The lowest BCUT2D eigenvalue weighted by atomic mass is 10.0. The van der Waals surface area contributed by atoms with Crippen LogP contribution in [-0.4, -0.2) is 79.9 Å². The summed E-state index contributed by atoms with van der Waals surface area (Å²) in [6, 6.07) is 17.3. The molecule has 0 aliphatic carbocycles. The van der Waals surface area contributed by atoms with Crippen molar-refractivity contribution in [2.24, 2.45) is 0 Å². The van der Waals surface area contributed by atoms with E-state index in [1.54, 1.807) is 7.11 Å². The zero-order chi connectivity index (χ0) is 23.0. The Kier molecular flexibility index (Phi) is 5.80. The predicted octanol–water partition coefficient (Wildman–Crippen LogP) is 2.86. The Morgan fingerprint density at radius 2 is 1.76 bits per heavy atom. The molecule has 1 aromatic heterocycles. The van der Waals surface area contributed by atoms with Gasteiger partial charge in [0.05, 0.1) is 35.4 Å². The van der Waals surface area contributed by atoms with Crippen molar-refractivity contribution in [3.8, 4) is 17.0 Å².